The van der Waals surface area contributed by atoms with Crippen LogP contribution in [0.5, 0.6) is 0 Å². The third-order valence-electron chi connectivity index (χ3n) is 3.32. The van der Waals surface area contributed by atoms with Crippen LogP contribution < -0.4 is 5.73 Å². The van der Waals surface area contributed by atoms with Crippen molar-refractivity contribution in [1.82, 2.24) is 4.90 Å². The number of alkyl halides is 3. The molecular weight excluding hydrogens is 231 g/mol. The lowest BCUT2D eigenvalue weighted by Crippen LogP contribution is -2.44. The summed E-state index contributed by atoms with van der Waals surface area (Å²) in [4.78, 5) is 1.78. The van der Waals surface area contributed by atoms with Crippen molar-refractivity contribution in [2.75, 3.05) is 19.6 Å². The predicted molar refractivity (Wildman–Crippen MR) is 60.9 cm³/mol. The van der Waals surface area contributed by atoms with E-state index in [1.165, 1.54) is 0 Å². The molecule has 0 spiro atoms. The largest absolute Gasteiger partial charge is 0.399 e. The van der Waals surface area contributed by atoms with E-state index < -0.39 is 17.9 Å². The van der Waals surface area contributed by atoms with Gasteiger partial charge in [0.05, 0.1) is 0 Å². The second-order valence-electron chi connectivity index (χ2n) is 4.89. The molecule has 0 aromatic carbocycles. The summed E-state index contributed by atoms with van der Waals surface area (Å²) >= 11 is 0. The number of nitrogens with two attached hydrogens (primary N) is 1. The van der Waals surface area contributed by atoms with Gasteiger partial charge in [0, 0.05) is 6.54 Å². The Bertz CT molecular complexity index is 265. The van der Waals surface area contributed by atoms with E-state index in [0.29, 0.717) is 19.0 Å². The molecule has 1 heterocycles. The molecule has 0 amide bonds. The van der Waals surface area contributed by atoms with Crippen molar-refractivity contribution in [3.05, 3.63) is 0 Å². The fraction of sp³-hybridized carbons (Fsp3) is 0.909. The molecule has 1 rings (SSSR count). The number of likely N-dealkylation sites (tertiary alicyclic amines) is 1. The summed E-state index contributed by atoms with van der Waals surface area (Å²) in [7, 11) is 0. The number of hydrogen-bond acceptors (Lipinski definition) is 2. The second-order valence-corrected chi connectivity index (χ2v) is 4.89. The van der Waals surface area contributed by atoms with E-state index in [4.69, 9.17) is 11.1 Å². The number of rotatable bonds is 3. The summed E-state index contributed by atoms with van der Waals surface area (Å²) in [5.74, 6) is -2.03. The third-order valence-corrected chi connectivity index (χ3v) is 3.32. The molecule has 1 fully saturated rings. The lowest BCUT2D eigenvalue weighted by molar-refractivity contribution is -0.159. The zero-order valence-corrected chi connectivity index (χ0v) is 10.1. The standard InChI is InChI=1S/C11H20F3N3/c1-8-3-2-5-17(6-4-8)7-9(10(15)16)11(12,13)14/h8-9H,2-7H2,1H3,(H3,15,16). The van der Waals surface area contributed by atoms with Crippen molar-refractivity contribution in [1.29, 1.82) is 5.41 Å². The summed E-state index contributed by atoms with van der Waals surface area (Å²) in [6.07, 6.45) is -1.51. The Labute approximate surface area is 99.7 Å². The van der Waals surface area contributed by atoms with Crippen LogP contribution in [0.25, 0.3) is 0 Å². The highest BCUT2D eigenvalue weighted by molar-refractivity contribution is 5.80. The van der Waals surface area contributed by atoms with Crippen molar-refractivity contribution in [2.24, 2.45) is 17.6 Å². The molecule has 0 saturated carbocycles. The van der Waals surface area contributed by atoms with E-state index in [0.717, 1.165) is 19.3 Å². The van der Waals surface area contributed by atoms with Gasteiger partial charge >= 0.3 is 6.18 Å². The van der Waals surface area contributed by atoms with Crippen molar-refractivity contribution in [3.8, 4) is 0 Å². The molecule has 6 heteroatoms. The van der Waals surface area contributed by atoms with Gasteiger partial charge in [-0.3, -0.25) is 5.41 Å². The molecule has 0 aromatic rings. The van der Waals surface area contributed by atoms with Crippen LogP contribution >= 0.6 is 0 Å². The number of halogens is 3. The molecule has 2 unspecified atom stereocenters. The monoisotopic (exact) mass is 251 g/mol. The number of amidine groups is 1. The Kier molecular flexibility index (Phi) is 4.80. The Balaban J connectivity index is 2.58. The van der Waals surface area contributed by atoms with Crippen LogP contribution in [0.3, 0.4) is 0 Å². The first-order valence-corrected chi connectivity index (χ1v) is 5.93. The molecule has 1 aliphatic heterocycles. The SMILES string of the molecule is CC1CCCN(CC(C(=N)N)C(F)(F)F)CC1. The van der Waals surface area contributed by atoms with Gasteiger partial charge in [0.25, 0.3) is 0 Å². The highest BCUT2D eigenvalue weighted by Gasteiger charge is 2.42. The minimum Gasteiger partial charge on any atom is -0.387 e. The van der Waals surface area contributed by atoms with Crippen molar-refractivity contribution >= 4 is 5.84 Å². The van der Waals surface area contributed by atoms with E-state index in [1.807, 2.05) is 0 Å². The van der Waals surface area contributed by atoms with Gasteiger partial charge in [-0.1, -0.05) is 6.92 Å². The number of nitrogens with one attached hydrogen (secondary N) is 1. The second kappa shape index (κ2) is 5.71. The van der Waals surface area contributed by atoms with Crippen LogP contribution in [0, 0.1) is 17.2 Å². The zero-order chi connectivity index (χ0) is 13.1. The first kappa shape index (κ1) is 14.3. The van der Waals surface area contributed by atoms with Gasteiger partial charge in [-0.15, -0.1) is 0 Å². The highest BCUT2D eigenvalue weighted by atomic mass is 19.4. The van der Waals surface area contributed by atoms with Crippen LogP contribution in [0.2, 0.25) is 0 Å². The van der Waals surface area contributed by atoms with Crippen LogP contribution in [-0.4, -0.2) is 36.5 Å². The Morgan fingerprint density at radius 1 is 1.41 bits per heavy atom. The normalized spacial score (nSPS) is 25.3. The zero-order valence-electron chi connectivity index (χ0n) is 10.1. The number of nitrogens with zero attached hydrogens (tertiary/aromatic N) is 1. The Morgan fingerprint density at radius 3 is 2.59 bits per heavy atom. The fourth-order valence-corrected chi connectivity index (χ4v) is 2.14. The lowest BCUT2D eigenvalue weighted by Gasteiger charge is -2.27. The van der Waals surface area contributed by atoms with Crippen LogP contribution in [0.15, 0.2) is 0 Å². The maximum absolute atomic E-state index is 12.7. The van der Waals surface area contributed by atoms with E-state index in [-0.39, 0.29) is 6.54 Å². The lowest BCUT2D eigenvalue weighted by atomic mass is 10.0. The molecule has 3 N–H and O–H groups in total. The van der Waals surface area contributed by atoms with E-state index in [1.54, 1.807) is 4.90 Å². The van der Waals surface area contributed by atoms with Crippen molar-refractivity contribution in [3.63, 3.8) is 0 Å². The quantitative estimate of drug-likeness (QED) is 0.597. The summed E-state index contributed by atoms with van der Waals surface area (Å²) in [5, 5.41) is 7.05. The molecule has 2 atom stereocenters. The molecule has 0 radical (unpaired) electrons. The molecule has 1 saturated heterocycles. The topological polar surface area (TPSA) is 53.1 Å². The summed E-state index contributed by atoms with van der Waals surface area (Å²) < 4.78 is 38.0. The van der Waals surface area contributed by atoms with Gasteiger partial charge < -0.3 is 10.6 Å². The molecule has 100 valence electrons. The molecule has 0 aromatic heterocycles. The molecular formula is C11H20F3N3. The fourth-order valence-electron chi connectivity index (χ4n) is 2.14. The predicted octanol–water partition coefficient (Wildman–Crippen LogP) is 2.22. The molecule has 17 heavy (non-hydrogen) atoms. The molecule has 3 nitrogen and oxygen atoms in total. The van der Waals surface area contributed by atoms with Crippen LogP contribution in [-0.2, 0) is 0 Å². The van der Waals surface area contributed by atoms with E-state index in [2.05, 4.69) is 6.92 Å². The average Bonchev–Trinajstić information content (AvgIpc) is 2.37. The summed E-state index contributed by atoms with van der Waals surface area (Å²) in [6, 6.07) is 0. The Morgan fingerprint density at radius 2 is 2.06 bits per heavy atom. The van der Waals surface area contributed by atoms with E-state index >= 15 is 0 Å². The van der Waals surface area contributed by atoms with Gasteiger partial charge in [-0.25, -0.2) is 0 Å². The third kappa shape index (κ3) is 4.53. The van der Waals surface area contributed by atoms with Gasteiger partial charge in [-0.05, 0) is 38.3 Å². The maximum atomic E-state index is 12.7. The maximum Gasteiger partial charge on any atom is 0.399 e. The average molecular weight is 251 g/mol. The Hall–Kier alpha value is -0.780. The van der Waals surface area contributed by atoms with Gasteiger partial charge in [0.2, 0.25) is 0 Å². The van der Waals surface area contributed by atoms with Gasteiger partial charge in [-0.2, -0.15) is 13.2 Å². The summed E-state index contributed by atoms with van der Waals surface area (Å²) in [6.45, 7) is 3.28. The van der Waals surface area contributed by atoms with Crippen LogP contribution in [0.4, 0.5) is 13.2 Å². The van der Waals surface area contributed by atoms with Gasteiger partial charge in [0.1, 0.15) is 11.8 Å². The van der Waals surface area contributed by atoms with E-state index in [9.17, 15) is 13.2 Å². The minimum atomic E-state index is -4.41. The first-order chi connectivity index (χ1) is 7.80. The minimum absolute atomic E-state index is 0.175. The first-order valence-electron chi connectivity index (χ1n) is 5.93. The van der Waals surface area contributed by atoms with Crippen LogP contribution in [0.1, 0.15) is 26.2 Å². The molecule has 0 aliphatic carbocycles. The number of hydrogen-bond donors (Lipinski definition) is 2. The smallest absolute Gasteiger partial charge is 0.387 e. The van der Waals surface area contributed by atoms with Crippen molar-refractivity contribution in [2.45, 2.75) is 32.4 Å². The van der Waals surface area contributed by atoms with Crippen molar-refractivity contribution < 1.29 is 13.2 Å². The highest BCUT2D eigenvalue weighted by Crippen LogP contribution is 2.28. The molecule has 0 bridgehead atoms. The summed E-state index contributed by atoms with van der Waals surface area (Å²) in [5.41, 5.74) is 5.04. The molecule has 1 aliphatic rings. The van der Waals surface area contributed by atoms with Gasteiger partial charge in [0.15, 0.2) is 0 Å².